The third kappa shape index (κ3) is 3.87. The zero-order chi connectivity index (χ0) is 5.98. The van der Waals surface area contributed by atoms with Crippen LogP contribution in [0.2, 0.25) is 0 Å². The Morgan fingerprint density at radius 2 is 1.56 bits per heavy atom. The molecule has 45 valence electrons. The van der Waals surface area contributed by atoms with Crippen LogP contribution in [-0.4, -0.2) is 0 Å². The molecule has 0 spiro atoms. The molecule has 0 amide bonds. The minimum absolute atomic E-state index is 0. The summed E-state index contributed by atoms with van der Waals surface area (Å²) in [5.41, 5.74) is 0. The summed E-state index contributed by atoms with van der Waals surface area (Å²) in [4.78, 5) is 0. The number of hydrogen-bond acceptors (Lipinski definition) is 0. The molecule has 0 bridgehead atoms. The summed E-state index contributed by atoms with van der Waals surface area (Å²) >= 11 is 6.55. The van der Waals surface area contributed by atoms with Crippen LogP contribution in [0.25, 0.3) is 0 Å². The van der Waals surface area contributed by atoms with Crippen molar-refractivity contribution < 1.29 is 32.7 Å². The van der Waals surface area contributed by atoms with E-state index in [-0.39, 0.29) is 32.7 Å². The van der Waals surface area contributed by atoms with Gasteiger partial charge in [0.2, 0.25) is 0 Å². The smallest absolute Gasteiger partial charge is 0 e. The van der Waals surface area contributed by atoms with E-state index in [1.807, 2.05) is 18.2 Å². The van der Waals surface area contributed by atoms with E-state index >= 15 is 0 Å². The predicted molar refractivity (Wildman–Crippen MR) is 40.7 cm³/mol. The average Bonchev–Trinajstić information content (AvgIpc) is 1.64. The van der Waals surface area contributed by atoms with Gasteiger partial charge >= 0.3 is 0 Å². The quantitative estimate of drug-likeness (QED) is 0.644. The van der Waals surface area contributed by atoms with Crippen LogP contribution in [-0.2, 0) is 32.7 Å². The fourth-order valence-electron chi connectivity index (χ4n) is 0.414. The molecule has 0 N–H and O–H groups in total. The number of benzene rings is 1. The van der Waals surface area contributed by atoms with Crippen LogP contribution in [0.3, 0.4) is 0 Å². The average molecular weight is 324 g/mol. The summed E-state index contributed by atoms with van der Waals surface area (Å²) in [6.45, 7) is 0. The second-order valence-electron chi connectivity index (χ2n) is 1.35. The number of halogens is 2. The van der Waals surface area contributed by atoms with Gasteiger partial charge in [-0.1, -0.05) is 40.8 Å². The first-order valence-corrected chi connectivity index (χ1v) is 3.71. The van der Waals surface area contributed by atoms with E-state index in [9.17, 15) is 0 Å². The monoisotopic (exact) mass is 322 g/mol. The van der Waals surface area contributed by atoms with Gasteiger partial charge in [-0.15, -0.1) is 0 Å². The summed E-state index contributed by atoms with van der Waals surface area (Å²) in [6, 6.07) is 8.82. The summed E-state index contributed by atoms with van der Waals surface area (Å²) in [5.74, 6) is 0. The van der Waals surface area contributed by atoms with E-state index in [0.717, 1.165) is 8.95 Å². The fourth-order valence-corrected chi connectivity index (χ4v) is 1.41. The van der Waals surface area contributed by atoms with Crippen LogP contribution in [0.1, 0.15) is 0 Å². The van der Waals surface area contributed by atoms with Crippen molar-refractivity contribution >= 4 is 31.9 Å². The molecule has 0 aromatic heterocycles. The van der Waals surface area contributed by atoms with Gasteiger partial charge in [0.1, 0.15) is 0 Å². The summed E-state index contributed by atoms with van der Waals surface area (Å²) in [6.07, 6.45) is 0. The van der Waals surface area contributed by atoms with E-state index in [1.54, 1.807) is 0 Å². The first-order valence-electron chi connectivity index (χ1n) is 2.12. The van der Waals surface area contributed by atoms with Crippen molar-refractivity contribution in [3.8, 4) is 0 Å². The Labute approximate surface area is 96.6 Å². The molecule has 1 rings (SSSR count). The standard InChI is InChI=1S/C6H3Br2.Y/c7-5-2-1-3-6(8)4-5;/h1-3H;/q-1;. The predicted octanol–water partition coefficient (Wildman–Crippen LogP) is 3.01. The van der Waals surface area contributed by atoms with Crippen molar-refractivity contribution in [1.29, 1.82) is 0 Å². The Morgan fingerprint density at radius 1 is 1.11 bits per heavy atom. The van der Waals surface area contributed by atoms with Crippen LogP contribution < -0.4 is 0 Å². The maximum Gasteiger partial charge on any atom is 0 e. The van der Waals surface area contributed by atoms with E-state index in [4.69, 9.17) is 0 Å². The molecule has 0 atom stereocenters. The minimum Gasteiger partial charge on any atom is -0.170 e. The van der Waals surface area contributed by atoms with Gasteiger partial charge in [-0.05, 0) is 0 Å². The second-order valence-corrected chi connectivity index (χ2v) is 3.06. The molecule has 0 heterocycles. The van der Waals surface area contributed by atoms with Crippen LogP contribution in [0.5, 0.6) is 0 Å². The molecule has 9 heavy (non-hydrogen) atoms. The molecule has 0 saturated carbocycles. The van der Waals surface area contributed by atoms with Gasteiger partial charge in [-0.25, -0.2) is 0 Å². The first kappa shape index (κ1) is 10.3. The van der Waals surface area contributed by atoms with E-state index in [2.05, 4.69) is 37.9 Å². The van der Waals surface area contributed by atoms with Gasteiger partial charge in [0.05, 0.1) is 0 Å². The molecule has 0 aliphatic rings. The van der Waals surface area contributed by atoms with Crippen molar-refractivity contribution in [1.82, 2.24) is 0 Å². The molecular weight excluding hydrogens is 321 g/mol. The Kier molecular flexibility index (Phi) is 5.72. The topological polar surface area (TPSA) is 0 Å². The third-order valence-corrected chi connectivity index (χ3v) is 1.65. The summed E-state index contributed by atoms with van der Waals surface area (Å²) in [7, 11) is 0. The maximum atomic E-state index is 3.28. The molecule has 1 aromatic rings. The van der Waals surface area contributed by atoms with Crippen LogP contribution >= 0.6 is 31.9 Å². The molecule has 3 heteroatoms. The van der Waals surface area contributed by atoms with Gasteiger partial charge < -0.3 is 0 Å². The minimum atomic E-state index is 0. The molecule has 0 unspecified atom stereocenters. The number of hydrogen-bond donors (Lipinski definition) is 0. The largest absolute Gasteiger partial charge is 0.170 e. The molecule has 0 aliphatic carbocycles. The van der Waals surface area contributed by atoms with Crippen molar-refractivity contribution in [2.45, 2.75) is 0 Å². The van der Waals surface area contributed by atoms with Crippen LogP contribution in [0, 0.1) is 6.07 Å². The molecule has 0 fully saturated rings. The van der Waals surface area contributed by atoms with E-state index in [1.165, 1.54) is 0 Å². The molecule has 0 nitrogen and oxygen atoms in total. The van der Waals surface area contributed by atoms with Crippen molar-refractivity contribution in [3.63, 3.8) is 0 Å². The third-order valence-electron chi connectivity index (χ3n) is 0.724. The van der Waals surface area contributed by atoms with Gasteiger partial charge in [0.25, 0.3) is 0 Å². The Morgan fingerprint density at radius 3 is 1.78 bits per heavy atom. The molecule has 0 saturated heterocycles. The molecule has 1 aromatic carbocycles. The van der Waals surface area contributed by atoms with Crippen molar-refractivity contribution in [3.05, 3.63) is 33.2 Å². The van der Waals surface area contributed by atoms with Crippen molar-refractivity contribution in [2.24, 2.45) is 0 Å². The van der Waals surface area contributed by atoms with Gasteiger partial charge in [-0.3, -0.25) is 0 Å². The zero-order valence-corrected chi connectivity index (χ0v) is 10.6. The number of rotatable bonds is 0. The van der Waals surface area contributed by atoms with Crippen molar-refractivity contribution in [2.75, 3.05) is 0 Å². The maximum absolute atomic E-state index is 3.28. The summed E-state index contributed by atoms with van der Waals surface area (Å²) in [5, 5.41) is 0. The van der Waals surface area contributed by atoms with Crippen LogP contribution in [0.15, 0.2) is 27.1 Å². The fraction of sp³-hybridized carbons (Fsp3) is 0. The molecule has 0 aliphatic heterocycles. The Balaban J connectivity index is 0.000000640. The summed E-state index contributed by atoms with van der Waals surface area (Å²) < 4.78 is 1.96. The second kappa shape index (κ2) is 5.00. The van der Waals surface area contributed by atoms with E-state index < -0.39 is 0 Å². The molecule has 1 radical (unpaired) electrons. The SMILES string of the molecule is Brc1[c-]c(Br)ccc1.[Y]. The normalized spacial score (nSPS) is 8.22. The Bertz CT molecular complexity index is 171. The van der Waals surface area contributed by atoms with Gasteiger partial charge in [0.15, 0.2) is 0 Å². The van der Waals surface area contributed by atoms with E-state index in [0.29, 0.717) is 0 Å². The first-order chi connectivity index (χ1) is 3.79. The van der Waals surface area contributed by atoms with Gasteiger partial charge in [0, 0.05) is 32.7 Å². The zero-order valence-electron chi connectivity index (χ0n) is 4.57. The van der Waals surface area contributed by atoms with Crippen LogP contribution in [0.4, 0.5) is 0 Å². The Hall–Kier alpha value is 1.28. The van der Waals surface area contributed by atoms with Gasteiger partial charge in [-0.2, -0.15) is 24.3 Å². The molecular formula is C6H3Br2Y-.